The van der Waals surface area contributed by atoms with Gasteiger partial charge in [0.1, 0.15) is 5.75 Å². The van der Waals surface area contributed by atoms with E-state index in [1.165, 1.54) is 37.1 Å². The van der Waals surface area contributed by atoms with Crippen molar-refractivity contribution in [2.75, 3.05) is 29.2 Å². The van der Waals surface area contributed by atoms with Crippen molar-refractivity contribution < 1.29 is 22.7 Å². The van der Waals surface area contributed by atoms with Crippen molar-refractivity contribution in [3.8, 4) is 5.75 Å². The minimum absolute atomic E-state index is 0.121. The molecule has 0 atom stereocenters. The Hall–Kier alpha value is -2.23. The molecule has 0 unspecified atom stereocenters. The first-order valence-corrected chi connectivity index (χ1v) is 11.2. The number of hydrogen-bond acceptors (Lipinski definition) is 6. The van der Waals surface area contributed by atoms with Gasteiger partial charge in [-0.3, -0.25) is 9.59 Å². The maximum absolute atomic E-state index is 12.6. The van der Waals surface area contributed by atoms with Crippen LogP contribution in [-0.2, 0) is 19.4 Å². The topological polar surface area (TPSA) is 102 Å². The van der Waals surface area contributed by atoms with Gasteiger partial charge < -0.3 is 15.4 Å². The van der Waals surface area contributed by atoms with Crippen LogP contribution in [0.1, 0.15) is 6.42 Å². The summed E-state index contributed by atoms with van der Waals surface area (Å²) in [5.74, 6) is -0.182. The third kappa shape index (κ3) is 4.78. The van der Waals surface area contributed by atoms with Crippen molar-refractivity contribution in [3.05, 3.63) is 41.4 Å². The van der Waals surface area contributed by atoms with Crippen molar-refractivity contribution >= 4 is 56.4 Å². The molecule has 1 aliphatic rings. The molecule has 0 radical (unpaired) electrons. The first kappa shape index (κ1) is 20.5. The van der Waals surface area contributed by atoms with Crippen molar-refractivity contribution in [2.24, 2.45) is 0 Å². The van der Waals surface area contributed by atoms with Crippen molar-refractivity contribution in [3.63, 3.8) is 0 Å². The Morgan fingerprint density at radius 3 is 2.79 bits per heavy atom. The van der Waals surface area contributed by atoms with Gasteiger partial charge in [-0.25, -0.2) is 8.42 Å². The maximum atomic E-state index is 12.6. The molecule has 0 aliphatic carbocycles. The average molecular weight is 441 g/mol. The number of sulfone groups is 1. The van der Waals surface area contributed by atoms with E-state index in [0.717, 1.165) is 0 Å². The SMILES string of the molecule is COc1ccc(NC(=O)CCS(=O)(=O)c2ccc3c(c2)SCC(=O)N3)cc1Cl. The van der Waals surface area contributed by atoms with Crippen LogP contribution in [0.5, 0.6) is 5.75 Å². The van der Waals surface area contributed by atoms with E-state index in [4.69, 9.17) is 16.3 Å². The molecule has 0 saturated heterocycles. The van der Waals surface area contributed by atoms with Crippen molar-refractivity contribution in [2.45, 2.75) is 16.2 Å². The van der Waals surface area contributed by atoms with Gasteiger partial charge in [-0.1, -0.05) is 11.6 Å². The van der Waals surface area contributed by atoms with E-state index in [2.05, 4.69) is 10.6 Å². The minimum Gasteiger partial charge on any atom is -0.495 e. The molecule has 1 heterocycles. The monoisotopic (exact) mass is 440 g/mol. The predicted octanol–water partition coefficient (Wildman–Crippen LogP) is 3.20. The van der Waals surface area contributed by atoms with Crippen LogP contribution in [0, 0.1) is 0 Å². The zero-order chi connectivity index (χ0) is 20.3. The molecule has 0 fully saturated rings. The maximum Gasteiger partial charge on any atom is 0.234 e. The Balaban J connectivity index is 1.64. The molecule has 10 heteroatoms. The van der Waals surface area contributed by atoms with E-state index in [9.17, 15) is 18.0 Å². The van der Waals surface area contributed by atoms with Gasteiger partial charge >= 0.3 is 0 Å². The predicted molar refractivity (Wildman–Crippen MR) is 109 cm³/mol. The van der Waals surface area contributed by atoms with Gasteiger partial charge in [0.2, 0.25) is 11.8 Å². The molecule has 2 amide bonds. The molecule has 3 rings (SSSR count). The Bertz CT molecular complexity index is 1040. The quantitative estimate of drug-likeness (QED) is 0.715. The molecule has 28 heavy (non-hydrogen) atoms. The summed E-state index contributed by atoms with van der Waals surface area (Å²) in [6.07, 6.45) is -0.201. The fraction of sp³-hybridized carbons (Fsp3) is 0.222. The lowest BCUT2D eigenvalue weighted by molar-refractivity contribution is -0.116. The summed E-state index contributed by atoms with van der Waals surface area (Å²) >= 11 is 7.29. The van der Waals surface area contributed by atoms with Crippen molar-refractivity contribution in [1.82, 2.24) is 0 Å². The first-order valence-electron chi connectivity index (χ1n) is 8.21. The zero-order valence-electron chi connectivity index (χ0n) is 14.8. The van der Waals surface area contributed by atoms with Crippen LogP contribution < -0.4 is 15.4 Å². The van der Waals surface area contributed by atoms with E-state index in [0.29, 0.717) is 27.0 Å². The van der Waals surface area contributed by atoms with Crippen LogP contribution in [0.15, 0.2) is 46.2 Å². The average Bonchev–Trinajstić information content (AvgIpc) is 2.66. The van der Waals surface area contributed by atoms with E-state index >= 15 is 0 Å². The fourth-order valence-electron chi connectivity index (χ4n) is 2.56. The highest BCUT2D eigenvalue weighted by Crippen LogP contribution is 2.33. The Morgan fingerprint density at radius 1 is 1.29 bits per heavy atom. The van der Waals surface area contributed by atoms with E-state index in [1.807, 2.05) is 0 Å². The minimum atomic E-state index is -3.65. The van der Waals surface area contributed by atoms with E-state index in [-0.39, 0.29) is 28.7 Å². The second-order valence-electron chi connectivity index (χ2n) is 5.96. The molecule has 0 aromatic heterocycles. The normalized spacial score (nSPS) is 13.4. The van der Waals surface area contributed by atoms with Gasteiger partial charge in [0.05, 0.1) is 34.2 Å². The Labute approximate surface area is 171 Å². The third-order valence-corrected chi connectivity index (χ3v) is 7.04. The lowest BCUT2D eigenvalue weighted by atomic mass is 10.3. The number of rotatable bonds is 6. The number of carbonyl (C=O) groups is 2. The summed E-state index contributed by atoms with van der Waals surface area (Å²) < 4.78 is 30.2. The van der Waals surface area contributed by atoms with Gasteiger partial charge in [0.15, 0.2) is 9.84 Å². The standard InChI is InChI=1S/C18H17ClN2O5S2/c1-26-15-5-2-11(8-13(15)19)20-17(22)6-7-28(24,25)12-3-4-14-16(9-12)27-10-18(23)21-14/h2-5,8-9H,6-7,10H2,1H3,(H,20,22)(H,21,23). The van der Waals surface area contributed by atoms with Gasteiger partial charge in [-0.15, -0.1) is 11.8 Å². The Kier molecular flexibility index (Phi) is 6.17. The molecule has 0 saturated carbocycles. The highest BCUT2D eigenvalue weighted by molar-refractivity contribution is 8.00. The second kappa shape index (κ2) is 8.42. The third-order valence-electron chi connectivity index (χ3n) is 3.98. The molecule has 0 bridgehead atoms. The fourth-order valence-corrected chi connectivity index (χ4v) is 5.00. The molecular weight excluding hydrogens is 424 g/mol. The molecule has 1 aliphatic heterocycles. The zero-order valence-corrected chi connectivity index (χ0v) is 17.2. The second-order valence-corrected chi connectivity index (χ2v) is 9.49. The number of carbonyl (C=O) groups excluding carboxylic acids is 2. The number of amides is 2. The summed E-state index contributed by atoms with van der Waals surface area (Å²) in [6, 6.07) is 9.27. The molecule has 2 aromatic rings. The van der Waals surface area contributed by atoms with Crippen LogP contribution in [0.25, 0.3) is 0 Å². The number of anilines is 2. The summed E-state index contributed by atoms with van der Waals surface area (Å²) in [5, 5.41) is 5.65. The van der Waals surface area contributed by atoms with Gasteiger partial charge in [-0.05, 0) is 36.4 Å². The summed E-state index contributed by atoms with van der Waals surface area (Å²) in [7, 11) is -2.16. The molecule has 2 aromatic carbocycles. The molecule has 148 valence electrons. The number of benzene rings is 2. The number of methoxy groups -OCH3 is 1. The summed E-state index contributed by atoms with van der Waals surface area (Å²) in [5.41, 5.74) is 1.04. The van der Waals surface area contributed by atoms with Gasteiger partial charge in [0.25, 0.3) is 0 Å². The lowest BCUT2D eigenvalue weighted by Crippen LogP contribution is -2.20. The molecule has 0 spiro atoms. The lowest BCUT2D eigenvalue weighted by Gasteiger charge is -2.17. The van der Waals surface area contributed by atoms with Crippen LogP contribution in [0.3, 0.4) is 0 Å². The first-order chi connectivity index (χ1) is 13.3. The number of fused-ring (bicyclic) bond motifs is 1. The van der Waals surface area contributed by atoms with Gasteiger partial charge in [0, 0.05) is 17.0 Å². The smallest absolute Gasteiger partial charge is 0.234 e. The number of ether oxygens (including phenoxy) is 1. The number of halogens is 1. The number of hydrogen-bond donors (Lipinski definition) is 2. The van der Waals surface area contributed by atoms with E-state index in [1.54, 1.807) is 18.2 Å². The highest BCUT2D eigenvalue weighted by atomic mass is 35.5. The van der Waals surface area contributed by atoms with Crippen LogP contribution in [-0.4, -0.2) is 38.8 Å². The van der Waals surface area contributed by atoms with Crippen LogP contribution in [0.4, 0.5) is 11.4 Å². The van der Waals surface area contributed by atoms with Crippen LogP contribution >= 0.6 is 23.4 Å². The molecular formula is C18H17ClN2O5S2. The summed E-state index contributed by atoms with van der Waals surface area (Å²) in [6.45, 7) is 0. The van der Waals surface area contributed by atoms with Crippen LogP contribution in [0.2, 0.25) is 5.02 Å². The number of nitrogens with one attached hydrogen (secondary N) is 2. The van der Waals surface area contributed by atoms with E-state index < -0.39 is 15.7 Å². The number of thioether (sulfide) groups is 1. The molecule has 7 nitrogen and oxygen atoms in total. The Morgan fingerprint density at radius 2 is 2.07 bits per heavy atom. The summed E-state index contributed by atoms with van der Waals surface area (Å²) in [4.78, 5) is 24.3. The highest BCUT2D eigenvalue weighted by Gasteiger charge is 2.21. The largest absolute Gasteiger partial charge is 0.495 e. The molecule has 2 N–H and O–H groups in total. The van der Waals surface area contributed by atoms with Crippen molar-refractivity contribution in [1.29, 1.82) is 0 Å². The van der Waals surface area contributed by atoms with Gasteiger partial charge in [-0.2, -0.15) is 0 Å².